The van der Waals surface area contributed by atoms with Gasteiger partial charge in [0, 0.05) is 10.4 Å². The van der Waals surface area contributed by atoms with E-state index in [-0.39, 0.29) is 6.54 Å². The molecule has 0 bridgehead atoms. The van der Waals surface area contributed by atoms with Crippen molar-refractivity contribution in [2.24, 2.45) is 10.6 Å². The van der Waals surface area contributed by atoms with Crippen molar-refractivity contribution >= 4 is 17.8 Å². The van der Waals surface area contributed by atoms with Gasteiger partial charge in [-0.25, -0.2) is 9.67 Å². The predicted molar refractivity (Wildman–Crippen MR) is 79.4 cm³/mol. The number of aliphatic hydroxyl groups is 1. The van der Waals surface area contributed by atoms with E-state index in [4.69, 9.17) is 16.8 Å². The van der Waals surface area contributed by atoms with E-state index in [1.54, 1.807) is 38.1 Å². The fraction of sp³-hybridized carbons (Fsp3) is 0.357. The Morgan fingerprint density at radius 2 is 2.00 bits per heavy atom. The van der Waals surface area contributed by atoms with E-state index in [0.29, 0.717) is 10.6 Å². The lowest BCUT2D eigenvalue weighted by Gasteiger charge is -2.40. The zero-order valence-electron chi connectivity index (χ0n) is 11.8. The summed E-state index contributed by atoms with van der Waals surface area (Å²) in [4.78, 5) is 3.88. The highest BCUT2D eigenvalue weighted by Crippen LogP contribution is 2.40. The maximum atomic E-state index is 11.3. The third-order valence-electron chi connectivity index (χ3n) is 3.63. The van der Waals surface area contributed by atoms with Crippen LogP contribution in [0, 0.1) is 5.41 Å². The highest BCUT2D eigenvalue weighted by atomic mass is 35.5. The second kappa shape index (κ2) is 5.83. The third kappa shape index (κ3) is 3.06. The first-order valence-electron chi connectivity index (χ1n) is 6.38. The predicted octanol–water partition coefficient (Wildman–Crippen LogP) is 2.31. The molecule has 0 fully saturated rings. The van der Waals surface area contributed by atoms with Crippen LogP contribution in [0.15, 0.2) is 42.1 Å². The molecular formula is C14H17ClN4O2. The summed E-state index contributed by atoms with van der Waals surface area (Å²) in [5, 5.41) is 27.9. The molecule has 0 radical (unpaired) electrons. The maximum Gasteiger partial charge on any atom is 0.137 e. The zero-order valence-corrected chi connectivity index (χ0v) is 12.6. The summed E-state index contributed by atoms with van der Waals surface area (Å²) in [6.45, 7) is 3.71. The molecule has 0 saturated carbocycles. The van der Waals surface area contributed by atoms with Crippen molar-refractivity contribution in [3.05, 3.63) is 47.5 Å². The molecule has 2 N–H and O–H groups in total. The van der Waals surface area contributed by atoms with E-state index in [1.807, 2.05) is 0 Å². The highest BCUT2D eigenvalue weighted by Gasteiger charge is 2.45. The molecule has 112 valence electrons. The smallest absolute Gasteiger partial charge is 0.137 e. The first-order valence-corrected chi connectivity index (χ1v) is 6.76. The summed E-state index contributed by atoms with van der Waals surface area (Å²) in [7, 11) is 0. The van der Waals surface area contributed by atoms with Gasteiger partial charge >= 0.3 is 0 Å². The molecule has 1 atom stereocenters. The van der Waals surface area contributed by atoms with Gasteiger partial charge in [-0.1, -0.05) is 37.6 Å². The van der Waals surface area contributed by atoms with Gasteiger partial charge in [-0.05, 0) is 17.7 Å². The molecule has 2 rings (SSSR count). The molecule has 0 amide bonds. The molecular weight excluding hydrogens is 292 g/mol. The molecule has 6 nitrogen and oxygen atoms in total. The van der Waals surface area contributed by atoms with E-state index in [1.165, 1.54) is 23.6 Å². The Balaban J connectivity index is 2.49. The Morgan fingerprint density at radius 1 is 1.33 bits per heavy atom. The minimum absolute atomic E-state index is 0.160. The third-order valence-corrected chi connectivity index (χ3v) is 3.88. The second-order valence-corrected chi connectivity index (χ2v) is 5.86. The minimum atomic E-state index is -1.35. The lowest BCUT2D eigenvalue weighted by molar-refractivity contribution is -0.0549. The normalized spacial score (nSPS) is 15.2. The standard InChI is InChI=1S/C14H17ClN4O2/c1-13(2,7-18-21)14(20,8-19-10-16-9-17-19)11-3-5-12(15)6-4-11/h3-7,9-10,20-21H,8H2,1-2H3. The molecule has 0 aliphatic heterocycles. The SMILES string of the molecule is CC(C)(C=NO)C(O)(Cn1cncn1)c1ccc(Cl)cc1. The molecule has 1 aromatic heterocycles. The van der Waals surface area contributed by atoms with Crippen molar-refractivity contribution < 1.29 is 10.3 Å². The Labute approximate surface area is 127 Å². The molecule has 7 heteroatoms. The summed E-state index contributed by atoms with van der Waals surface area (Å²) >= 11 is 5.90. The van der Waals surface area contributed by atoms with Crippen LogP contribution in [-0.4, -0.2) is 31.3 Å². The number of aromatic nitrogens is 3. The molecule has 1 heterocycles. The van der Waals surface area contributed by atoms with Crippen molar-refractivity contribution in [1.29, 1.82) is 0 Å². The first-order chi connectivity index (χ1) is 9.89. The number of benzene rings is 1. The van der Waals surface area contributed by atoms with Gasteiger partial charge in [0.2, 0.25) is 0 Å². The Bertz CT molecular complexity index is 610. The molecule has 1 aromatic carbocycles. The van der Waals surface area contributed by atoms with Gasteiger partial charge in [0.1, 0.15) is 18.3 Å². The molecule has 0 spiro atoms. The van der Waals surface area contributed by atoms with Crippen molar-refractivity contribution in [3.8, 4) is 0 Å². The molecule has 21 heavy (non-hydrogen) atoms. The van der Waals surface area contributed by atoms with Crippen LogP contribution in [0.1, 0.15) is 19.4 Å². The van der Waals surface area contributed by atoms with Gasteiger partial charge in [0.25, 0.3) is 0 Å². The molecule has 0 saturated heterocycles. The average Bonchev–Trinajstić information content (AvgIpc) is 2.91. The van der Waals surface area contributed by atoms with Gasteiger partial charge in [-0.2, -0.15) is 5.10 Å². The molecule has 0 aliphatic rings. The second-order valence-electron chi connectivity index (χ2n) is 5.43. The first kappa shape index (κ1) is 15.5. The molecule has 1 unspecified atom stereocenters. The quantitative estimate of drug-likeness (QED) is 0.504. The van der Waals surface area contributed by atoms with Crippen LogP contribution in [0.4, 0.5) is 0 Å². The summed E-state index contributed by atoms with van der Waals surface area (Å²) < 4.78 is 1.53. The summed E-state index contributed by atoms with van der Waals surface area (Å²) in [5.74, 6) is 0. The molecule has 0 aliphatic carbocycles. The summed E-state index contributed by atoms with van der Waals surface area (Å²) in [6, 6.07) is 6.89. The van der Waals surface area contributed by atoms with Crippen molar-refractivity contribution in [2.45, 2.75) is 26.0 Å². The van der Waals surface area contributed by atoms with Crippen LogP contribution in [0.25, 0.3) is 0 Å². The van der Waals surface area contributed by atoms with Crippen LogP contribution < -0.4 is 0 Å². The van der Waals surface area contributed by atoms with Crippen molar-refractivity contribution in [3.63, 3.8) is 0 Å². The lowest BCUT2D eigenvalue weighted by Crippen LogP contribution is -2.46. The van der Waals surface area contributed by atoms with Crippen LogP contribution >= 0.6 is 11.6 Å². The van der Waals surface area contributed by atoms with E-state index in [2.05, 4.69) is 15.2 Å². The van der Waals surface area contributed by atoms with E-state index < -0.39 is 11.0 Å². The van der Waals surface area contributed by atoms with Crippen LogP contribution in [0.3, 0.4) is 0 Å². The lowest BCUT2D eigenvalue weighted by atomic mass is 9.71. The van der Waals surface area contributed by atoms with Crippen LogP contribution in [-0.2, 0) is 12.1 Å². The number of halogens is 1. The van der Waals surface area contributed by atoms with Gasteiger partial charge in [0.05, 0.1) is 12.8 Å². The number of rotatable bonds is 5. The van der Waals surface area contributed by atoms with Gasteiger partial charge in [-0.15, -0.1) is 5.16 Å². The van der Waals surface area contributed by atoms with Crippen molar-refractivity contribution in [1.82, 2.24) is 14.8 Å². The monoisotopic (exact) mass is 308 g/mol. The topological polar surface area (TPSA) is 83.5 Å². The van der Waals surface area contributed by atoms with E-state index in [0.717, 1.165) is 0 Å². The summed E-state index contributed by atoms with van der Waals surface area (Å²) in [5.41, 5.74) is -1.55. The van der Waals surface area contributed by atoms with Crippen LogP contribution in [0.5, 0.6) is 0 Å². The largest absolute Gasteiger partial charge is 0.411 e. The van der Waals surface area contributed by atoms with Crippen molar-refractivity contribution in [2.75, 3.05) is 0 Å². The number of oxime groups is 1. The fourth-order valence-corrected chi connectivity index (χ4v) is 2.32. The number of nitrogens with zero attached hydrogens (tertiary/aromatic N) is 4. The van der Waals surface area contributed by atoms with Gasteiger partial charge in [-0.3, -0.25) is 0 Å². The van der Waals surface area contributed by atoms with E-state index >= 15 is 0 Å². The minimum Gasteiger partial charge on any atom is -0.411 e. The highest BCUT2D eigenvalue weighted by molar-refractivity contribution is 6.30. The van der Waals surface area contributed by atoms with Gasteiger partial charge in [0.15, 0.2) is 0 Å². The number of hydrogen-bond acceptors (Lipinski definition) is 5. The Kier molecular flexibility index (Phi) is 4.29. The zero-order chi connectivity index (χ0) is 15.5. The van der Waals surface area contributed by atoms with Gasteiger partial charge < -0.3 is 10.3 Å². The summed E-state index contributed by atoms with van der Waals surface area (Å²) in [6.07, 6.45) is 4.22. The maximum absolute atomic E-state index is 11.3. The van der Waals surface area contributed by atoms with E-state index in [9.17, 15) is 5.11 Å². The molecule has 2 aromatic rings. The average molecular weight is 309 g/mol. The Morgan fingerprint density at radius 3 is 2.52 bits per heavy atom. The van der Waals surface area contributed by atoms with Crippen LogP contribution in [0.2, 0.25) is 5.02 Å². The Hall–Kier alpha value is -1.92. The fourth-order valence-electron chi connectivity index (χ4n) is 2.19. The number of hydrogen-bond donors (Lipinski definition) is 2.